The van der Waals surface area contributed by atoms with Crippen molar-refractivity contribution < 1.29 is 9.53 Å². The van der Waals surface area contributed by atoms with Gasteiger partial charge in [-0.15, -0.1) is 0 Å². The molecule has 1 aliphatic heterocycles. The molecule has 1 fully saturated rings. The molecule has 1 heterocycles. The van der Waals surface area contributed by atoms with Crippen molar-refractivity contribution in [3.8, 4) is 0 Å². The molecule has 82 valence electrons. The summed E-state index contributed by atoms with van der Waals surface area (Å²) in [7, 11) is 1.62. The van der Waals surface area contributed by atoms with Crippen molar-refractivity contribution in [2.45, 2.75) is 25.8 Å². The van der Waals surface area contributed by atoms with Crippen LogP contribution >= 0.6 is 0 Å². The lowest BCUT2D eigenvalue weighted by Crippen LogP contribution is -2.35. The highest BCUT2D eigenvalue weighted by molar-refractivity contribution is 5.76. The van der Waals surface area contributed by atoms with Gasteiger partial charge in [-0.05, 0) is 13.0 Å². The second kappa shape index (κ2) is 5.98. The zero-order valence-electron chi connectivity index (χ0n) is 9.08. The van der Waals surface area contributed by atoms with Crippen LogP contribution in [0.15, 0.2) is 0 Å². The Labute approximate surface area is 85.6 Å². The Hall–Kier alpha value is -0.610. The molecule has 1 amide bonds. The molecule has 4 heteroatoms. The first-order valence-corrected chi connectivity index (χ1v) is 5.28. The topological polar surface area (TPSA) is 41.6 Å². The van der Waals surface area contributed by atoms with Gasteiger partial charge in [0.15, 0.2) is 0 Å². The molecule has 0 spiro atoms. The first-order valence-electron chi connectivity index (χ1n) is 5.28. The van der Waals surface area contributed by atoms with Crippen molar-refractivity contribution in [2.75, 3.05) is 33.4 Å². The maximum absolute atomic E-state index is 11.6. The van der Waals surface area contributed by atoms with E-state index in [1.54, 1.807) is 7.11 Å². The van der Waals surface area contributed by atoms with Gasteiger partial charge in [0, 0.05) is 26.2 Å². The van der Waals surface area contributed by atoms with Crippen LogP contribution in [0.3, 0.4) is 0 Å². The number of carbonyl (C=O) groups excluding carboxylic acids is 1. The van der Waals surface area contributed by atoms with E-state index in [-0.39, 0.29) is 5.91 Å². The van der Waals surface area contributed by atoms with E-state index in [2.05, 4.69) is 12.2 Å². The van der Waals surface area contributed by atoms with Gasteiger partial charge in [-0.1, -0.05) is 6.92 Å². The molecule has 1 atom stereocenters. The maximum atomic E-state index is 11.6. The largest absolute Gasteiger partial charge is 0.384 e. The number of likely N-dealkylation sites (N-methyl/N-ethyl adjacent to an activating group) is 1. The SMILES string of the molecule is CCNC1CCN(C(=O)CCOC)C1. The molecule has 0 aliphatic carbocycles. The van der Waals surface area contributed by atoms with Crippen molar-refractivity contribution in [2.24, 2.45) is 0 Å². The van der Waals surface area contributed by atoms with Crippen molar-refractivity contribution in [3.63, 3.8) is 0 Å². The Bertz CT molecular complexity index is 185. The normalized spacial score (nSPS) is 21.6. The minimum Gasteiger partial charge on any atom is -0.384 e. The molecule has 1 aliphatic rings. The summed E-state index contributed by atoms with van der Waals surface area (Å²) in [4.78, 5) is 13.5. The van der Waals surface area contributed by atoms with E-state index >= 15 is 0 Å². The van der Waals surface area contributed by atoms with E-state index in [1.165, 1.54) is 0 Å². The fourth-order valence-electron chi connectivity index (χ4n) is 1.79. The summed E-state index contributed by atoms with van der Waals surface area (Å²) in [5.41, 5.74) is 0. The highest BCUT2D eigenvalue weighted by Crippen LogP contribution is 2.10. The number of methoxy groups -OCH3 is 1. The van der Waals surface area contributed by atoms with Gasteiger partial charge >= 0.3 is 0 Å². The van der Waals surface area contributed by atoms with Gasteiger partial charge in [-0.25, -0.2) is 0 Å². The summed E-state index contributed by atoms with van der Waals surface area (Å²) < 4.78 is 4.88. The smallest absolute Gasteiger partial charge is 0.224 e. The molecule has 0 aromatic carbocycles. The number of nitrogens with zero attached hydrogens (tertiary/aromatic N) is 1. The Balaban J connectivity index is 2.23. The number of hydrogen-bond donors (Lipinski definition) is 1. The molecule has 0 aromatic heterocycles. The lowest BCUT2D eigenvalue weighted by atomic mass is 10.3. The summed E-state index contributed by atoms with van der Waals surface area (Å²) in [6, 6.07) is 0.492. The molecular weight excluding hydrogens is 180 g/mol. The third-order valence-electron chi connectivity index (χ3n) is 2.55. The van der Waals surface area contributed by atoms with Crippen LogP contribution in [-0.2, 0) is 9.53 Å². The minimum absolute atomic E-state index is 0.215. The highest BCUT2D eigenvalue weighted by Gasteiger charge is 2.24. The second-order valence-corrected chi connectivity index (χ2v) is 3.63. The van der Waals surface area contributed by atoms with E-state index in [1.807, 2.05) is 4.90 Å². The molecule has 1 unspecified atom stereocenters. The summed E-state index contributed by atoms with van der Waals surface area (Å²) >= 11 is 0. The van der Waals surface area contributed by atoms with Gasteiger partial charge in [0.05, 0.1) is 13.0 Å². The monoisotopic (exact) mass is 200 g/mol. The molecular formula is C10H20N2O2. The van der Waals surface area contributed by atoms with Gasteiger partial charge < -0.3 is 15.0 Å². The van der Waals surface area contributed by atoms with Crippen molar-refractivity contribution in [1.29, 1.82) is 0 Å². The zero-order chi connectivity index (χ0) is 10.4. The van der Waals surface area contributed by atoms with Crippen LogP contribution in [0.25, 0.3) is 0 Å². The lowest BCUT2D eigenvalue weighted by molar-refractivity contribution is -0.131. The van der Waals surface area contributed by atoms with E-state index in [0.29, 0.717) is 19.1 Å². The number of likely N-dealkylation sites (tertiary alicyclic amines) is 1. The summed E-state index contributed by atoms with van der Waals surface area (Å²) in [5, 5.41) is 3.36. The third-order valence-corrected chi connectivity index (χ3v) is 2.55. The average molecular weight is 200 g/mol. The van der Waals surface area contributed by atoms with Crippen molar-refractivity contribution >= 4 is 5.91 Å². The lowest BCUT2D eigenvalue weighted by Gasteiger charge is -2.16. The van der Waals surface area contributed by atoms with Crippen LogP contribution in [-0.4, -0.2) is 50.2 Å². The minimum atomic E-state index is 0.215. The number of hydrogen-bond acceptors (Lipinski definition) is 3. The zero-order valence-corrected chi connectivity index (χ0v) is 9.08. The summed E-state index contributed by atoms with van der Waals surface area (Å²) in [5.74, 6) is 0.215. The predicted octanol–water partition coefficient (Wildman–Crippen LogP) is 0.233. The van der Waals surface area contributed by atoms with E-state index in [4.69, 9.17) is 4.74 Å². The molecule has 1 rings (SSSR count). The van der Waals surface area contributed by atoms with Crippen LogP contribution < -0.4 is 5.32 Å². The van der Waals surface area contributed by atoms with Crippen LogP contribution in [0.5, 0.6) is 0 Å². The Morgan fingerprint density at radius 2 is 2.43 bits per heavy atom. The van der Waals surface area contributed by atoms with Gasteiger partial charge in [-0.3, -0.25) is 4.79 Å². The molecule has 0 aromatic rings. The van der Waals surface area contributed by atoms with Crippen LogP contribution in [0, 0.1) is 0 Å². The first kappa shape index (κ1) is 11.5. The van der Waals surface area contributed by atoms with Gasteiger partial charge in [0.1, 0.15) is 0 Å². The molecule has 4 nitrogen and oxygen atoms in total. The summed E-state index contributed by atoms with van der Waals surface area (Å²) in [6.45, 7) is 5.35. The van der Waals surface area contributed by atoms with Crippen LogP contribution in [0.2, 0.25) is 0 Å². The molecule has 0 bridgehead atoms. The van der Waals surface area contributed by atoms with E-state index in [9.17, 15) is 4.79 Å². The highest BCUT2D eigenvalue weighted by atomic mass is 16.5. The predicted molar refractivity (Wildman–Crippen MR) is 55.2 cm³/mol. The fraction of sp³-hybridized carbons (Fsp3) is 0.900. The van der Waals surface area contributed by atoms with E-state index in [0.717, 1.165) is 26.1 Å². The maximum Gasteiger partial charge on any atom is 0.224 e. The molecule has 0 saturated carbocycles. The third kappa shape index (κ3) is 3.27. The molecule has 0 radical (unpaired) electrons. The van der Waals surface area contributed by atoms with Crippen molar-refractivity contribution in [1.82, 2.24) is 10.2 Å². The Morgan fingerprint density at radius 3 is 3.07 bits per heavy atom. The van der Waals surface area contributed by atoms with E-state index < -0.39 is 0 Å². The number of amides is 1. The molecule has 1 saturated heterocycles. The average Bonchev–Trinajstić information content (AvgIpc) is 2.63. The van der Waals surface area contributed by atoms with Crippen LogP contribution in [0.4, 0.5) is 0 Å². The second-order valence-electron chi connectivity index (χ2n) is 3.63. The summed E-state index contributed by atoms with van der Waals surface area (Å²) in [6.07, 6.45) is 1.59. The van der Waals surface area contributed by atoms with Gasteiger partial charge in [0.25, 0.3) is 0 Å². The fourth-order valence-corrected chi connectivity index (χ4v) is 1.79. The Kier molecular flexibility index (Phi) is 4.90. The Morgan fingerprint density at radius 1 is 1.64 bits per heavy atom. The standard InChI is InChI=1S/C10H20N2O2/c1-3-11-9-4-6-12(8-9)10(13)5-7-14-2/h9,11H,3-8H2,1-2H3. The van der Waals surface area contributed by atoms with Gasteiger partial charge in [0.2, 0.25) is 5.91 Å². The first-order chi connectivity index (χ1) is 6.77. The van der Waals surface area contributed by atoms with Gasteiger partial charge in [-0.2, -0.15) is 0 Å². The number of nitrogens with one attached hydrogen (secondary N) is 1. The molecule has 14 heavy (non-hydrogen) atoms. The van der Waals surface area contributed by atoms with Crippen LogP contribution in [0.1, 0.15) is 19.8 Å². The number of ether oxygens (including phenoxy) is 1. The molecule has 1 N–H and O–H groups in total. The number of rotatable bonds is 5. The van der Waals surface area contributed by atoms with Crippen molar-refractivity contribution in [3.05, 3.63) is 0 Å². The quantitative estimate of drug-likeness (QED) is 0.691. The number of carbonyl (C=O) groups is 1.